The fourth-order valence-electron chi connectivity index (χ4n) is 2.60. The van der Waals surface area contributed by atoms with Gasteiger partial charge in [0.2, 0.25) is 0 Å². The molecule has 0 aromatic rings. The minimum absolute atomic E-state index is 0.0449. The molecule has 0 radical (unpaired) electrons. The number of hydrogen-bond acceptors (Lipinski definition) is 10. The number of aliphatic hydroxyl groups excluding tert-OH is 4. The van der Waals surface area contributed by atoms with Crippen LogP contribution >= 0.6 is 0 Å². The summed E-state index contributed by atoms with van der Waals surface area (Å²) in [6.45, 7) is -0.314. The number of rotatable bonds is 14. The largest absolute Gasteiger partial charge is 0.394 e. The minimum Gasteiger partial charge on any atom is -0.394 e. The summed E-state index contributed by atoms with van der Waals surface area (Å²) in [5, 5.41) is 36.0. The van der Waals surface area contributed by atoms with Gasteiger partial charge in [0, 0.05) is 7.11 Å². The quantitative estimate of drug-likeness (QED) is 0.243. The highest BCUT2D eigenvalue weighted by Gasteiger charge is 2.48. The van der Waals surface area contributed by atoms with Gasteiger partial charge in [-0.3, -0.25) is 0 Å². The average Bonchev–Trinajstić information content (AvgIpc) is 2.63. The molecule has 10 nitrogen and oxygen atoms in total. The van der Waals surface area contributed by atoms with Crippen molar-refractivity contribution in [1.82, 2.24) is 0 Å². The normalized spacial score (nSPS) is 29.9. The van der Waals surface area contributed by atoms with Gasteiger partial charge in [-0.25, -0.2) is 0 Å². The van der Waals surface area contributed by atoms with E-state index in [0.717, 1.165) is 0 Å². The lowest BCUT2D eigenvalue weighted by molar-refractivity contribution is -0.319. The van der Waals surface area contributed by atoms with Gasteiger partial charge in [0.15, 0.2) is 6.29 Å². The van der Waals surface area contributed by atoms with Crippen molar-refractivity contribution in [3.05, 3.63) is 0 Å². The van der Waals surface area contributed by atoms with Crippen molar-refractivity contribution in [2.75, 3.05) is 66.6 Å². The second kappa shape index (κ2) is 13.8. The summed E-state index contributed by atoms with van der Waals surface area (Å²) < 4.78 is 33.4. The number of methoxy groups -OCH3 is 1. The predicted molar refractivity (Wildman–Crippen MR) is 84.1 cm³/mol. The molecule has 0 aromatic carbocycles. The van der Waals surface area contributed by atoms with E-state index in [1.165, 1.54) is 7.11 Å². The van der Waals surface area contributed by atoms with Gasteiger partial charge in [0.1, 0.15) is 24.4 Å². The molecule has 0 aliphatic carbocycles. The van der Waals surface area contributed by atoms with E-state index in [4.69, 9.17) is 48.8 Å². The first-order valence-corrected chi connectivity index (χ1v) is 8.27. The second-order valence-electron chi connectivity index (χ2n) is 5.25. The molecular weight excluding hydrogens is 340 g/mol. The predicted octanol–water partition coefficient (Wildman–Crippen LogP) is -2.50. The van der Waals surface area contributed by atoms with Crippen LogP contribution in [-0.2, 0) is 28.4 Å². The molecule has 0 aromatic heterocycles. The highest BCUT2D eigenvalue weighted by molar-refractivity contribution is 4.93. The molecule has 0 bridgehead atoms. The van der Waals surface area contributed by atoms with Gasteiger partial charge in [-0.05, 0) is 0 Å². The number of aliphatic hydroxyl groups is 4. The van der Waals surface area contributed by atoms with Gasteiger partial charge in [-0.15, -0.1) is 0 Å². The maximum absolute atomic E-state index is 9.08. The Labute approximate surface area is 147 Å². The fourth-order valence-corrected chi connectivity index (χ4v) is 2.60. The van der Waals surface area contributed by atoms with Gasteiger partial charge in [-0.1, -0.05) is 0 Å². The van der Waals surface area contributed by atoms with Crippen molar-refractivity contribution in [3.63, 3.8) is 0 Å². The van der Waals surface area contributed by atoms with E-state index in [2.05, 4.69) is 0 Å². The number of hydrogen-bond donors (Lipinski definition) is 4. The molecular formula is C15H30O10. The molecule has 150 valence electrons. The molecule has 5 unspecified atom stereocenters. The van der Waals surface area contributed by atoms with Crippen molar-refractivity contribution >= 4 is 0 Å². The van der Waals surface area contributed by atoms with E-state index in [9.17, 15) is 0 Å². The third kappa shape index (κ3) is 7.39. The van der Waals surface area contributed by atoms with Crippen LogP contribution in [0.2, 0.25) is 0 Å². The van der Waals surface area contributed by atoms with Crippen molar-refractivity contribution in [1.29, 1.82) is 0 Å². The van der Waals surface area contributed by atoms with E-state index in [-0.39, 0.29) is 59.5 Å². The van der Waals surface area contributed by atoms with Crippen LogP contribution in [-0.4, -0.2) is 118 Å². The highest BCUT2D eigenvalue weighted by atomic mass is 16.7. The van der Waals surface area contributed by atoms with Crippen LogP contribution in [0.25, 0.3) is 0 Å². The average molecular weight is 370 g/mol. The molecule has 0 spiro atoms. The van der Waals surface area contributed by atoms with E-state index < -0.39 is 30.7 Å². The lowest BCUT2D eigenvalue weighted by atomic mass is 9.98. The standard InChI is InChI=1S/C15H30O10/c1-20-15-14(24-9-5-19)13(23-8-4-18)12(22-7-3-17)11(25-15)10-21-6-2-16/h11-19H,2-10H2,1H3. The maximum atomic E-state index is 9.08. The zero-order valence-electron chi connectivity index (χ0n) is 14.5. The topological polar surface area (TPSA) is 136 Å². The van der Waals surface area contributed by atoms with Gasteiger partial charge in [0.05, 0.1) is 59.5 Å². The molecule has 5 atom stereocenters. The fraction of sp³-hybridized carbons (Fsp3) is 1.00. The first kappa shape index (κ1) is 22.6. The Morgan fingerprint density at radius 1 is 0.720 bits per heavy atom. The summed E-state index contributed by atoms with van der Waals surface area (Å²) in [7, 11) is 1.45. The monoisotopic (exact) mass is 370 g/mol. The Balaban J connectivity index is 2.93. The van der Waals surface area contributed by atoms with Crippen molar-refractivity contribution in [2.24, 2.45) is 0 Å². The highest BCUT2D eigenvalue weighted by Crippen LogP contribution is 2.29. The van der Waals surface area contributed by atoms with Crippen LogP contribution in [0.4, 0.5) is 0 Å². The summed E-state index contributed by atoms with van der Waals surface area (Å²) in [5.74, 6) is 0. The van der Waals surface area contributed by atoms with Gasteiger partial charge in [-0.2, -0.15) is 0 Å². The van der Waals surface area contributed by atoms with Crippen molar-refractivity contribution < 1.29 is 48.8 Å². The summed E-state index contributed by atoms with van der Waals surface area (Å²) in [5.41, 5.74) is 0. The lowest BCUT2D eigenvalue weighted by Gasteiger charge is -2.45. The van der Waals surface area contributed by atoms with E-state index in [1.54, 1.807) is 0 Å². The summed E-state index contributed by atoms with van der Waals surface area (Å²) >= 11 is 0. The van der Waals surface area contributed by atoms with E-state index in [1.807, 2.05) is 0 Å². The van der Waals surface area contributed by atoms with Crippen molar-refractivity contribution in [3.8, 4) is 0 Å². The first-order chi connectivity index (χ1) is 12.2. The van der Waals surface area contributed by atoms with Crippen LogP contribution in [0.5, 0.6) is 0 Å². The van der Waals surface area contributed by atoms with Crippen LogP contribution in [0.1, 0.15) is 0 Å². The third-order valence-corrected chi connectivity index (χ3v) is 3.55. The zero-order valence-corrected chi connectivity index (χ0v) is 14.5. The maximum Gasteiger partial charge on any atom is 0.186 e. The van der Waals surface area contributed by atoms with E-state index in [0.29, 0.717) is 0 Å². The molecule has 25 heavy (non-hydrogen) atoms. The Bertz CT molecular complexity index is 319. The second-order valence-corrected chi connectivity index (χ2v) is 5.25. The molecule has 1 heterocycles. The Morgan fingerprint density at radius 3 is 1.76 bits per heavy atom. The molecule has 1 aliphatic rings. The van der Waals surface area contributed by atoms with Gasteiger partial charge in [0.25, 0.3) is 0 Å². The van der Waals surface area contributed by atoms with Crippen LogP contribution in [0.15, 0.2) is 0 Å². The summed E-state index contributed by atoms with van der Waals surface area (Å²) in [4.78, 5) is 0. The molecule has 0 saturated carbocycles. The molecule has 1 aliphatic heterocycles. The van der Waals surface area contributed by atoms with Gasteiger partial charge >= 0.3 is 0 Å². The number of ether oxygens (including phenoxy) is 6. The molecule has 1 fully saturated rings. The molecule has 10 heteroatoms. The molecule has 4 N–H and O–H groups in total. The van der Waals surface area contributed by atoms with Crippen LogP contribution in [0, 0.1) is 0 Å². The van der Waals surface area contributed by atoms with Gasteiger partial charge < -0.3 is 48.8 Å². The van der Waals surface area contributed by atoms with Crippen LogP contribution < -0.4 is 0 Å². The summed E-state index contributed by atoms with van der Waals surface area (Å²) in [6, 6.07) is 0. The third-order valence-electron chi connectivity index (χ3n) is 3.55. The van der Waals surface area contributed by atoms with Crippen LogP contribution in [0.3, 0.4) is 0 Å². The van der Waals surface area contributed by atoms with E-state index >= 15 is 0 Å². The van der Waals surface area contributed by atoms with Crippen molar-refractivity contribution in [2.45, 2.75) is 30.7 Å². The Kier molecular flexibility index (Phi) is 12.5. The first-order valence-electron chi connectivity index (χ1n) is 8.27. The molecule has 1 rings (SSSR count). The SMILES string of the molecule is COC1OC(COCCO)C(OCCO)C(OCCO)C1OCCO. The smallest absolute Gasteiger partial charge is 0.186 e. The minimum atomic E-state index is -0.799. The zero-order chi connectivity index (χ0) is 18.5. The Hall–Kier alpha value is -0.400. The summed E-state index contributed by atoms with van der Waals surface area (Å²) in [6.07, 6.45) is -3.44. The molecule has 0 amide bonds. The molecule has 1 saturated heterocycles. The lowest BCUT2D eigenvalue weighted by Crippen LogP contribution is -2.62. The Morgan fingerprint density at radius 2 is 1.24 bits per heavy atom.